The Kier molecular flexibility index (Phi) is 3.40. The molecule has 0 heterocycles. The van der Waals surface area contributed by atoms with Gasteiger partial charge in [-0.15, -0.1) is 0 Å². The Balaban J connectivity index is 2.19. The van der Waals surface area contributed by atoms with Crippen LogP contribution in [0.1, 0.15) is 38.5 Å². The first-order valence-electron chi connectivity index (χ1n) is 4.31. The lowest BCUT2D eigenvalue weighted by Gasteiger charge is -2.21. The first-order valence-corrected chi connectivity index (χ1v) is 4.31. The molecule has 1 saturated carbocycles. The van der Waals surface area contributed by atoms with Gasteiger partial charge in [0.05, 0.1) is 0 Å². The van der Waals surface area contributed by atoms with Crippen LogP contribution in [0.15, 0.2) is 0 Å². The van der Waals surface area contributed by atoms with Crippen molar-refractivity contribution in [1.29, 1.82) is 0 Å². The Morgan fingerprint density at radius 3 is 2.55 bits per heavy atom. The second-order valence-corrected chi connectivity index (χ2v) is 3.00. The monoisotopic (exact) mass is 155 g/mol. The number of carbonyl (C=O) groups is 1. The second kappa shape index (κ2) is 4.37. The van der Waals surface area contributed by atoms with E-state index in [0.717, 1.165) is 12.8 Å². The van der Waals surface area contributed by atoms with Gasteiger partial charge in [0.1, 0.15) is 6.10 Å². The molecule has 0 aromatic rings. The van der Waals surface area contributed by atoms with E-state index in [9.17, 15) is 4.79 Å². The lowest BCUT2D eigenvalue weighted by Crippen LogP contribution is -2.20. The van der Waals surface area contributed by atoms with Gasteiger partial charge >= 0.3 is 5.97 Å². The molecule has 0 aliphatic heterocycles. The summed E-state index contributed by atoms with van der Waals surface area (Å²) in [5.74, 6) is -0.156. The number of carbonyl (C=O) groups excluding carboxylic acids is 1. The average molecular weight is 155 g/mol. The Morgan fingerprint density at radius 1 is 1.36 bits per heavy atom. The molecule has 0 spiro atoms. The first-order chi connectivity index (χ1) is 5.33. The largest absolute Gasteiger partial charge is 0.462 e. The number of rotatable bonds is 2. The second-order valence-electron chi connectivity index (χ2n) is 3.00. The summed E-state index contributed by atoms with van der Waals surface area (Å²) in [6.45, 7) is 3.48. The third-order valence-electron chi connectivity index (χ3n) is 2.05. The first kappa shape index (κ1) is 8.57. The highest BCUT2D eigenvalue weighted by Crippen LogP contribution is 2.20. The van der Waals surface area contributed by atoms with Crippen LogP contribution in [0.25, 0.3) is 0 Å². The Hall–Kier alpha value is -0.530. The predicted molar refractivity (Wildman–Crippen MR) is 42.9 cm³/mol. The molecule has 1 fully saturated rings. The van der Waals surface area contributed by atoms with Gasteiger partial charge in [-0.05, 0) is 32.6 Å². The van der Waals surface area contributed by atoms with Gasteiger partial charge in [0.2, 0.25) is 0 Å². The van der Waals surface area contributed by atoms with Crippen molar-refractivity contribution in [3.63, 3.8) is 0 Å². The van der Waals surface area contributed by atoms with Crippen molar-refractivity contribution in [2.45, 2.75) is 44.6 Å². The third kappa shape index (κ3) is 2.91. The van der Waals surface area contributed by atoms with E-state index in [1.807, 2.05) is 0 Å². The maximum atomic E-state index is 10.8. The number of hydrogen-bond acceptors (Lipinski definition) is 2. The summed E-state index contributed by atoms with van der Waals surface area (Å²) >= 11 is 0. The van der Waals surface area contributed by atoms with Crippen molar-refractivity contribution in [2.24, 2.45) is 0 Å². The molecule has 0 amide bonds. The predicted octanol–water partition coefficient (Wildman–Crippen LogP) is 2.09. The van der Waals surface area contributed by atoms with Gasteiger partial charge in [-0.2, -0.15) is 0 Å². The van der Waals surface area contributed by atoms with Crippen LogP contribution in [-0.4, -0.2) is 12.1 Å². The molecule has 0 atom stereocenters. The van der Waals surface area contributed by atoms with Crippen LogP contribution >= 0.6 is 0 Å². The van der Waals surface area contributed by atoms with Crippen LogP contribution in [0, 0.1) is 6.92 Å². The quantitative estimate of drug-likeness (QED) is 0.571. The van der Waals surface area contributed by atoms with Crippen LogP contribution in [0.2, 0.25) is 0 Å². The summed E-state index contributed by atoms with van der Waals surface area (Å²) in [5.41, 5.74) is 0. The fourth-order valence-corrected chi connectivity index (χ4v) is 1.43. The summed E-state index contributed by atoms with van der Waals surface area (Å²) in [6, 6.07) is 0. The zero-order valence-electron chi connectivity index (χ0n) is 6.84. The lowest BCUT2D eigenvalue weighted by molar-refractivity contribution is -0.149. The van der Waals surface area contributed by atoms with Crippen LogP contribution in [0.5, 0.6) is 0 Å². The van der Waals surface area contributed by atoms with Gasteiger partial charge in [-0.3, -0.25) is 4.79 Å². The lowest BCUT2D eigenvalue weighted by atomic mass is 9.98. The number of esters is 1. The van der Waals surface area contributed by atoms with E-state index < -0.39 is 0 Å². The summed E-state index contributed by atoms with van der Waals surface area (Å²) in [4.78, 5) is 10.8. The molecule has 1 aliphatic rings. The van der Waals surface area contributed by atoms with Gasteiger partial charge in [-0.1, -0.05) is 6.42 Å². The van der Waals surface area contributed by atoms with Crippen molar-refractivity contribution in [3.05, 3.63) is 6.92 Å². The molecule has 0 saturated heterocycles. The van der Waals surface area contributed by atoms with E-state index in [1.165, 1.54) is 19.3 Å². The van der Waals surface area contributed by atoms with Gasteiger partial charge in [-0.25, -0.2) is 0 Å². The van der Waals surface area contributed by atoms with E-state index in [1.54, 1.807) is 0 Å². The molecule has 0 bridgehead atoms. The minimum Gasteiger partial charge on any atom is -0.462 e. The zero-order valence-corrected chi connectivity index (χ0v) is 6.84. The van der Waals surface area contributed by atoms with E-state index in [2.05, 4.69) is 6.92 Å². The molecule has 1 rings (SSSR count). The average Bonchev–Trinajstić information content (AvgIpc) is 2.06. The van der Waals surface area contributed by atoms with Crippen LogP contribution in [0.3, 0.4) is 0 Å². The summed E-state index contributed by atoms with van der Waals surface area (Å²) in [5, 5.41) is 0. The molecule has 0 aromatic heterocycles. The standard InChI is InChI=1S/C9H15O2/c1-2-9(10)11-8-6-4-3-5-7-8/h8H,1-7H2. The molecule has 2 nitrogen and oxygen atoms in total. The molecule has 1 radical (unpaired) electrons. The molecule has 11 heavy (non-hydrogen) atoms. The highest BCUT2D eigenvalue weighted by Gasteiger charge is 2.16. The maximum absolute atomic E-state index is 10.8. The van der Waals surface area contributed by atoms with Crippen LogP contribution < -0.4 is 0 Å². The Bertz CT molecular complexity index is 126. The zero-order chi connectivity index (χ0) is 8.10. The van der Waals surface area contributed by atoms with Crippen LogP contribution in [-0.2, 0) is 9.53 Å². The Morgan fingerprint density at radius 2 is 2.00 bits per heavy atom. The fourth-order valence-electron chi connectivity index (χ4n) is 1.43. The molecule has 0 unspecified atom stereocenters. The topological polar surface area (TPSA) is 26.3 Å². The van der Waals surface area contributed by atoms with Crippen molar-refractivity contribution in [2.75, 3.05) is 0 Å². The van der Waals surface area contributed by atoms with Gasteiger partial charge < -0.3 is 4.74 Å². The molecule has 1 aliphatic carbocycles. The van der Waals surface area contributed by atoms with Crippen molar-refractivity contribution >= 4 is 5.97 Å². The molecule has 2 heteroatoms. The summed E-state index contributed by atoms with van der Waals surface area (Å²) in [6.07, 6.45) is 6.24. The molecular formula is C9H15O2. The SMILES string of the molecule is [CH2]CC(=O)OC1CCCCC1. The number of hydrogen-bond donors (Lipinski definition) is 0. The van der Waals surface area contributed by atoms with Crippen molar-refractivity contribution < 1.29 is 9.53 Å². The van der Waals surface area contributed by atoms with Gasteiger partial charge in [0.25, 0.3) is 0 Å². The minimum absolute atomic E-state index is 0.156. The van der Waals surface area contributed by atoms with Crippen LogP contribution in [0.4, 0.5) is 0 Å². The molecular weight excluding hydrogens is 140 g/mol. The molecule has 63 valence electrons. The van der Waals surface area contributed by atoms with E-state index in [4.69, 9.17) is 4.74 Å². The van der Waals surface area contributed by atoms with Gasteiger partial charge in [0.15, 0.2) is 0 Å². The van der Waals surface area contributed by atoms with Crippen molar-refractivity contribution in [1.82, 2.24) is 0 Å². The Labute approximate surface area is 67.9 Å². The van der Waals surface area contributed by atoms with E-state index in [-0.39, 0.29) is 18.5 Å². The fraction of sp³-hybridized carbons (Fsp3) is 0.778. The maximum Gasteiger partial charge on any atom is 0.306 e. The van der Waals surface area contributed by atoms with E-state index >= 15 is 0 Å². The third-order valence-corrected chi connectivity index (χ3v) is 2.05. The highest BCUT2D eigenvalue weighted by atomic mass is 16.5. The minimum atomic E-state index is -0.156. The van der Waals surface area contributed by atoms with Crippen molar-refractivity contribution in [3.8, 4) is 0 Å². The van der Waals surface area contributed by atoms with Gasteiger partial charge in [0, 0.05) is 6.42 Å². The smallest absolute Gasteiger partial charge is 0.306 e. The molecule has 0 aromatic carbocycles. The molecule has 0 N–H and O–H groups in total. The summed E-state index contributed by atoms with van der Waals surface area (Å²) < 4.78 is 5.14. The summed E-state index contributed by atoms with van der Waals surface area (Å²) in [7, 11) is 0. The van der Waals surface area contributed by atoms with E-state index in [0.29, 0.717) is 0 Å². The normalized spacial score (nSPS) is 19.7. The number of ether oxygens (including phenoxy) is 1. The highest BCUT2D eigenvalue weighted by molar-refractivity contribution is 5.70.